The zero-order valence-electron chi connectivity index (χ0n) is 13.7. The zero-order valence-corrected chi connectivity index (χ0v) is 15.3. The van der Waals surface area contributed by atoms with Gasteiger partial charge in [0.25, 0.3) is 0 Å². The first kappa shape index (κ1) is 17.0. The standard InChI is InChI=1S/C18H20N2O2S2/c1-21-16-6-5-13(10-17(16)22-2)12-20-15(18-19-7-9-24-18)11-14-4-3-8-23-14/h3-10,15,20H,11-12H2,1-2H3/t15-/m0/s1. The van der Waals surface area contributed by atoms with Crippen LogP contribution in [-0.2, 0) is 13.0 Å². The lowest BCUT2D eigenvalue weighted by Crippen LogP contribution is -2.22. The maximum Gasteiger partial charge on any atom is 0.161 e. The lowest BCUT2D eigenvalue weighted by atomic mass is 10.1. The Hall–Kier alpha value is -1.89. The molecule has 0 aliphatic heterocycles. The lowest BCUT2D eigenvalue weighted by Gasteiger charge is -2.17. The quantitative estimate of drug-likeness (QED) is 0.651. The van der Waals surface area contributed by atoms with Crippen molar-refractivity contribution in [3.8, 4) is 11.5 Å². The number of rotatable bonds is 8. The van der Waals surface area contributed by atoms with Gasteiger partial charge < -0.3 is 14.8 Å². The summed E-state index contributed by atoms with van der Waals surface area (Å²) in [5.41, 5.74) is 1.15. The first-order chi connectivity index (χ1) is 11.8. The molecule has 3 aromatic rings. The van der Waals surface area contributed by atoms with Crippen LogP contribution in [0.3, 0.4) is 0 Å². The van der Waals surface area contributed by atoms with E-state index in [9.17, 15) is 0 Å². The van der Waals surface area contributed by atoms with Gasteiger partial charge in [-0.1, -0.05) is 12.1 Å². The van der Waals surface area contributed by atoms with Crippen molar-refractivity contribution < 1.29 is 9.47 Å². The van der Waals surface area contributed by atoms with E-state index in [1.807, 2.05) is 23.7 Å². The normalized spacial score (nSPS) is 12.1. The average molecular weight is 361 g/mol. The molecular formula is C18H20N2O2S2. The molecule has 24 heavy (non-hydrogen) atoms. The second-order valence-electron chi connectivity index (χ2n) is 5.28. The largest absolute Gasteiger partial charge is 0.493 e. The molecule has 0 saturated carbocycles. The minimum absolute atomic E-state index is 0.205. The van der Waals surface area contributed by atoms with E-state index in [0.717, 1.165) is 35.0 Å². The summed E-state index contributed by atoms with van der Waals surface area (Å²) in [6, 6.07) is 10.5. The SMILES string of the molecule is COc1ccc(CN[C@@H](Cc2cccs2)c2nccs2)cc1OC. The third-order valence-electron chi connectivity index (χ3n) is 3.74. The number of aromatic nitrogens is 1. The third-order valence-corrected chi connectivity index (χ3v) is 5.52. The van der Waals surface area contributed by atoms with Crippen molar-refractivity contribution in [2.45, 2.75) is 19.0 Å². The monoisotopic (exact) mass is 360 g/mol. The Bertz CT molecular complexity index is 742. The van der Waals surface area contributed by atoms with Crippen LogP contribution >= 0.6 is 22.7 Å². The Kier molecular flexibility index (Phi) is 5.85. The van der Waals surface area contributed by atoms with Crippen LogP contribution in [0.2, 0.25) is 0 Å². The highest BCUT2D eigenvalue weighted by molar-refractivity contribution is 7.10. The number of thiazole rings is 1. The summed E-state index contributed by atoms with van der Waals surface area (Å²) >= 11 is 3.47. The van der Waals surface area contributed by atoms with Gasteiger partial charge in [0.1, 0.15) is 5.01 Å². The Morgan fingerprint density at radius 2 is 1.96 bits per heavy atom. The maximum absolute atomic E-state index is 5.38. The number of nitrogens with one attached hydrogen (secondary N) is 1. The molecule has 0 amide bonds. The van der Waals surface area contributed by atoms with E-state index in [1.165, 1.54) is 4.88 Å². The highest BCUT2D eigenvalue weighted by atomic mass is 32.1. The van der Waals surface area contributed by atoms with Gasteiger partial charge in [0, 0.05) is 29.4 Å². The van der Waals surface area contributed by atoms with Crippen LogP contribution in [0.4, 0.5) is 0 Å². The van der Waals surface area contributed by atoms with Crippen LogP contribution in [0.25, 0.3) is 0 Å². The fourth-order valence-corrected chi connectivity index (χ4v) is 3.98. The molecule has 126 valence electrons. The average Bonchev–Trinajstić information content (AvgIpc) is 3.31. The number of hydrogen-bond acceptors (Lipinski definition) is 6. The van der Waals surface area contributed by atoms with Crippen LogP contribution < -0.4 is 14.8 Å². The van der Waals surface area contributed by atoms with Crippen molar-refractivity contribution in [3.63, 3.8) is 0 Å². The van der Waals surface area contributed by atoms with Crippen molar-refractivity contribution in [2.75, 3.05) is 14.2 Å². The van der Waals surface area contributed by atoms with Gasteiger partial charge >= 0.3 is 0 Å². The molecule has 0 aliphatic rings. The summed E-state index contributed by atoms with van der Waals surface area (Å²) in [5.74, 6) is 1.50. The van der Waals surface area contributed by atoms with Gasteiger partial charge in [-0.2, -0.15) is 0 Å². The molecule has 0 saturated heterocycles. The number of benzene rings is 1. The molecule has 2 aromatic heterocycles. The van der Waals surface area contributed by atoms with E-state index < -0.39 is 0 Å². The molecule has 1 aromatic carbocycles. The molecule has 1 N–H and O–H groups in total. The van der Waals surface area contributed by atoms with Crippen LogP contribution in [0, 0.1) is 0 Å². The smallest absolute Gasteiger partial charge is 0.161 e. The second-order valence-corrected chi connectivity index (χ2v) is 7.24. The Morgan fingerprint density at radius 1 is 1.08 bits per heavy atom. The fourth-order valence-electron chi connectivity index (χ4n) is 2.51. The molecule has 3 rings (SSSR count). The summed E-state index contributed by atoms with van der Waals surface area (Å²) in [5, 5.41) is 8.87. The third kappa shape index (κ3) is 4.14. The fraction of sp³-hybridized carbons (Fsp3) is 0.278. The summed E-state index contributed by atoms with van der Waals surface area (Å²) < 4.78 is 10.7. The summed E-state index contributed by atoms with van der Waals surface area (Å²) in [6.45, 7) is 0.746. The predicted molar refractivity (Wildman–Crippen MR) is 99.3 cm³/mol. The molecule has 0 spiro atoms. The number of methoxy groups -OCH3 is 2. The second kappa shape index (κ2) is 8.28. The van der Waals surface area contributed by atoms with Gasteiger partial charge in [-0.3, -0.25) is 0 Å². The van der Waals surface area contributed by atoms with Crippen LogP contribution in [0.5, 0.6) is 11.5 Å². The molecule has 0 bridgehead atoms. The van der Waals surface area contributed by atoms with Gasteiger partial charge in [-0.15, -0.1) is 22.7 Å². The van der Waals surface area contributed by atoms with E-state index in [2.05, 4.69) is 33.9 Å². The molecule has 6 heteroatoms. The summed E-state index contributed by atoms with van der Waals surface area (Å²) in [4.78, 5) is 5.84. The number of ether oxygens (including phenoxy) is 2. The Morgan fingerprint density at radius 3 is 2.62 bits per heavy atom. The van der Waals surface area contributed by atoms with Crippen molar-refractivity contribution >= 4 is 22.7 Å². The molecule has 2 heterocycles. The topological polar surface area (TPSA) is 43.4 Å². The molecule has 0 fully saturated rings. The molecule has 0 radical (unpaired) electrons. The van der Waals surface area contributed by atoms with Crippen LogP contribution in [-0.4, -0.2) is 19.2 Å². The van der Waals surface area contributed by atoms with Crippen molar-refractivity contribution in [1.29, 1.82) is 0 Å². The summed E-state index contributed by atoms with van der Waals surface area (Å²) in [6.07, 6.45) is 2.80. The van der Waals surface area contributed by atoms with Crippen LogP contribution in [0.15, 0.2) is 47.3 Å². The van der Waals surface area contributed by atoms with Crippen LogP contribution in [0.1, 0.15) is 21.5 Å². The van der Waals surface area contributed by atoms with E-state index in [4.69, 9.17) is 9.47 Å². The van der Waals surface area contributed by atoms with Gasteiger partial charge in [0.15, 0.2) is 11.5 Å². The molecule has 0 aliphatic carbocycles. The van der Waals surface area contributed by atoms with Crippen molar-refractivity contribution in [1.82, 2.24) is 10.3 Å². The minimum Gasteiger partial charge on any atom is -0.493 e. The molecule has 0 unspecified atom stereocenters. The summed E-state index contributed by atoms with van der Waals surface area (Å²) in [7, 11) is 3.31. The van der Waals surface area contributed by atoms with Gasteiger partial charge in [0.2, 0.25) is 0 Å². The van der Waals surface area contributed by atoms with Gasteiger partial charge in [-0.25, -0.2) is 4.98 Å². The minimum atomic E-state index is 0.205. The van der Waals surface area contributed by atoms with Gasteiger partial charge in [0.05, 0.1) is 20.3 Å². The first-order valence-electron chi connectivity index (χ1n) is 7.66. The van der Waals surface area contributed by atoms with E-state index >= 15 is 0 Å². The zero-order chi connectivity index (χ0) is 16.8. The Labute approximate surface area is 150 Å². The Balaban J connectivity index is 1.71. The maximum atomic E-state index is 5.38. The molecular weight excluding hydrogens is 340 g/mol. The highest BCUT2D eigenvalue weighted by Crippen LogP contribution is 2.28. The molecule has 4 nitrogen and oxygen atoms in total. The lowest BCUT2D eigenvalue weighted by molar-refractivity contribution is 0.354. The number of thiophene rings is 1. The van der Waals surface area contributed by atoms with E-state index in [0.29, 0.717) is 0 Å². The van der Waals surface area contributed by atoms with Gasteiger partial charge in [-0.05, 0) is 29.1 Å². The van der Waals surface area contributed by atoms with Crippen molar-refractivity contribution in [3.05, 3.63) is 62.7 Å². The van der Waals surface area contributed by atoms with E-state index in [1.54, 1.807) is 36.9 Å². The molecule has 1 atom stereocenters. The number of hydrogen-bond donors (Lipinski definition) is 1. The van der Waals surface area contributed by atoms with Crippen molar-refractivity contribution in [2.24, 2.45) is 0 Å². The number of nitrogens with zero attached hydrogens (tertiary/aromatic N) is 1. The first-order valence-corrected chi connectivity index (χ1v) is 9.42. The highest BCUT2D eigenvalue weighted by Gasteiger charge is 2.15. The predicted octanol–water partition coefficient (Wildman–Crippen LogP) is 4.30. The van der Waals surface area contributed by atoms with E-state index in [-0.39, 0.29) is 6.04 Å².